The summed E-state index contributed by atoms with van der Waals surface area (Å²) in [6, 6.07) is 2.66. The van der Waals surface area contributed by atoms with Crippen LogP contribution in [-0.4, -0.2) is 42.4 Å². The van der Waals surface area contributed by atoms with Crippen molar-refractivity contribution < 1.29 is 37.0 Å². The van der Waals surface area contributed by atoms with Crippen LogP contribution in [0, 0.1) is 11.3 Å². The Balaban J connectivity index is 2.21. The molecule has 7 nitrogen and oxygen atoms in total. The molecule has 11 heteroatoms. The maximum atomic E-state index is 13.4. The van der Waals surface area contributed by atoms with Crippen LogP contribution in [0.3, 0.4) is 0 Å². The van der Waals surface area contributed by atoms with Crippen molar-refractivity contribution in [3.05, 3.63) is 41.4 Å². The van der Waals surface area contributed by atoms with Crippen LogP contribution < -0.4 is 10.6 Å². The van der Waals surface area contributed by atoms with Crippen molar-refractivity contribution in [2.45, 2.75) is 64.8 Å². The smallest absolute Gasteiger partial charge is 0.408 e. The van der Waals surface area contributed by atoms with Crippen LogP contribution in [0.4, 0.5) is 23.7 Å². The summed E-state index contributed by atoms with van der Waals surface area (Å²) in [6.45, 7) is 9.20. The van der Waals surface area contributed by atoms with E-state index in [0.717, 1.165) is 6.92 Å². The van der Waals surface area contributed by atoms with Crippen molar-refractivity contribution in [2.75, 3.05) is 11.9 Å². The molecular formula is C24H30ClF3N2O5. The number of nitrogens with one attached hydrogen (secondary N) is 2. The van der Waals surface area contributed by atoms with Gasteiger partial charge in [0.1, 0.15) is 18.2 Å². The van der Waals surface area contributed by atoms with Crippen molar-refractivity contribution in [2.24, 2.45) is 11.3 Å². The van der Waals surface area contributed by atoms with E-state index in [1.165, 1.54) is 18.2 Å². The van der Waals surface area contributed by atoms with E-state index in [1.807, 2.05) is 5.32 Å². The number of anilines is 1. The molecule has 0 heterocycles. The third-order valence-corrected chi connectivity index (χ3v) is 5.75. The van der Waals surface area contributed by atoms with Crippen molar-refractivity contribution in [1.82, 2.24) is 5.32 Å². The van der Waals surface area contributed by atoms with Gasteiger partial charge in [-0.1, -0.05) is 37.2 Å². The highest BCUT2D eigenvalue weighted by atomic mass is 35.5. The molecule has 1 unspecified atom stereocenters. The third kappa shape index (κ3) is 8.16. The summed E-state index contributed by atoms with van der Waals surface area (Å²) >= 11 is 6.17. The standard InChI is InChI=1S/C24H30ClF3N2O5/c1-6-11-34-21(33)30-18(14(2)24(26,27)28)19(31)29-17-12-15(7-8-16(17)25)13-23(9-10-23)20(32)35-22(3,4)5/h6-8,12,14,18H,1,9-11,13H2,2-5H3,(H,29,31)(H,30,33)/t14-,18?/m1/s1. The van der Waals surface area contributed by atoms with Crippen LogP contribution in [0.25, 0.3) is 0 Å². The quantitative estimate of drug-likeness (QED) is 0.336. The highest BCUT2D eigenvalue weighted by Gasteiger charge is 2.52. The van der Waals surface area contributed by atoms with Gasteiger partial charge in [-0.3, -0.25) is 9.59 Å². The van der Waals surface area contributed by atoms with Crippen LogP contribution in [0.15, 0.2) is 30.9 Å². The summed E-state index contributed by atoms with van der Waals surface area (Å²) in [5.41, 5.74) is -0.635. The molecule has 1 fully saturated rings. The number of benzene rings is 1. The van der Waals surface area contributed by atoms with E-state index in [-0.39, 0.29) is 23.3 Å². The lowest BCUT2D eigenvalue weighted by Gasteiger charge is -2.26. The molecule has 2 amide bonds. The summed E-state index contributed by atoms with van der Waals surface area (Å²) in [5.74, 6) is -3.67. The second-order valence-electron chi connectivity index (χ2n) is 9.60. The summed E-state index contributed by atoms with van der Waals surface area (Å²) in [6.07, 6.45) is -3.16. The first kappa shape index (κ1) is 28.5. The molecule has 0 aliphatic heterocycles. The van der Waals surface area contributed by atoms with Crippen molar-refractivity contribution in [3.8, 4) is 0 Å². The molecule has 1 aromatic carbocycles. The van der Waals surface area contributed by atoms with E-state index in [9.17, 15) is 27.6 Å². The molecule has 1 saturated carbocycles. The molecule has 194 valence electrons. The normalized spacial score (nSPS) is 16.5. The summed E-state index contributed by atoms with van der Waals surface area (Å²) in [4.78, 5) is 37.3. The molecule has 2 atom stereocenters. The number of rotatable bonds is 9. The highest BCUT2D eigenvalue weighted by Crippen LogP contribution is 2.50. The molecule has 0 radical (unpaired) electrons. The summed E-state index contributed by atoms with van der Waals surface area (Å²) in [7, 11) is 0. The number of halogens is 4. The number of esters is 1. The molecule has 0 bridgehead atoms. The number of carbonyl (C=O) groups is 3. The molecule has 35 heavy (non-hydrogen) atoms. The van der Waals surface area contributed by atoms with Gasteiger partial charge in [0.25, 0.3) is 0 Å². The second kappa shape index (κ2) is 10.9. The Morgan fingerprint density at radius 3 is 2.37 bits per heavy atom. The number of hydrogen-bond donors (Lipinski definition) is 2. The Hall–Kier alpha value is -2.75. The minimum atomic E-state index is -4.77. The van der Waals surface area contributed by atoms with Gasteiger partial charge in [-0.15, -0.1) is 0 Å². The topological polar surface area (TPSA) is 93.7 Å². The molecule has 2 rings (SSSR count). The van der Waals surface area contributed by atoms with Crippen molar-refractivity contribution in [1.29, 1.82) is 0 Å². The molecule has 2 N–H and O–H groups in total. The van der Waals surface area contributed by atoms with E-state index in [2.05, 4.69) is 16.6 Å². The summed E-state index contributed by atoms with van der Waals surface area (Å²) < 4.78 is 50.3. The SMILES string of the molecule is C=CCOC(=O)NC(C(=O)Nc1cc(CC2(C(=O)OC(C)(C)C)CC2)ccc1Cl)[C@@H](C)C(F)(F)F. The average molecular weight is 519 g/mol. The van der Waals surface area contributed by atoms with E-state index >= 15 is 0 Å². The van der Waals surface area contributed by atoms with Crippen LogP contribution in [0.2, 0.25) is 5.02 Å². The fourth-order valence-corrected chi connectivity index (χ4v) is 3.44. The van der Waals surface area contributed by atoms with Gasteiger partial charge in [0, 0.05) is 0 Å². The minimum Gasteiger partial charge on any atom is -0.460 e. The minimum absolute atomic E-state index is 0.0507. The number of hydrogen-bond acceptors (Lipinski definition) is 5. The third-order valence-electron chi connectivity index (χ3n) is 5.42. The molecule has 0 saturated heterocycles. The van der Waals surface area contributed by atoms with Gasteiger partial charge >= 0.3 is 18.2 Å². The number of amides is 2. The molecule has 0 spiro atoms. The lowest BCUT2D eigenvalue weighted by Crippen LogP contribution is -2.52. The molecule has 1 aromatic rings. The van der Waals surface area contributed by atoms with Gasteiger partial charge in [-0.2, -0.15) is 13.2 Å². The molecule has 1 aliphatic carbocycles. The average Bonchev–Trinajstić information content (AvgIpc) is 3.51. The Bertz CT molecular complexity index is 971. The number of alkyl carbamates (subject to hydrolysis) is 1. The molecule has 1 aliphatic rings. The van der Waals surface area contributed by atoms with Crippen LogP contribution in [0.5, 0.6) is 0 Å². The number of alkyl halides is 3. The lowest BCUT2D eigenvalue weighted by molar-refractivity contribution is -0.178. The number of carbonyl (C=O) groups excluding carboxylic acids is 3. The highest BCUT2D eigenvalue weighted by molar-refractivity contribution is 6.33. The predicted molar refractivity (Wildman–Crippen MR) is 125 cm³/mol. The zero-order chi connectivity index (χ0) is 26.6. The van der Waals surface area contributed by atoms with Gasteiger partial charge < -0.3 is 20.1 Å². The summed E-state index contributed by atoms with van der Waals surface area (Å²) in [5, 5.41) is 4.39. The largest absolute Gasteiger partial charge is 0.460 e. The van der Waals surface area contributed by atoms with Gasteiger partial charge in [0.05, 0.1) is 22.0 Å². The Morgan fingerprint density at radius 2 is 1.86 bits per heavy atom. The van der Waals surface area contributed by atoms with E-state index in [1.54, 1.807) is 26.8 Å². The van der Waals surface area contributed by atoms with Gasteiger partial charge in [-0.25, -0.2) is 4.79 Å². The first-order valence-electron chi connectivity index (χ1n) is 11.0. The second-order valence-corrected chi connectivity index (χ2v) is 10.0. The van der Waals surface area contributed by atoms with Gasteiger partial charge in [0.2, 0.25) is 5.91 Å². The fourth-order valence-electron chi connectivity index (χ4n) is 3.28. The maximum Gasteiger partial charge on any atom is 0.408 e. The van der Waals surface area contributed by atoms with Crippen molar-refractivity contribution in [3.63, 3.8) is 0 Å². The van der Waals surface area contributed by atoms with Crippen LogP contribution in [-0.2, 0) is 25.5 Å². The maximum absolute atomic E-state index is 13.4. The molecule has 0 aromatic heterocycles. The first-order valence-corrected chi connectivity index (χ1v) is 11.4. The van der Waals surface area contributed by atoms with E-state index in [4.69, 9.17) is 16.3 Å². The zero-order valence-electron chi connectivity index (χ0n) is 20.1. The van der Waals surface area contributed by atoms with Crippen molar-refractivity contribution >= 4 is 35.3 Å². The van der Waals surface area contributed by atoms with Gasteiger partial charge in [-0.05, 0) is 57.7 Å². The predicted octanol–water partition coefficient (Wildman–Crippen LogP) is 5.42. The van der Waals surface area contributed by atoms with Gasteiger partial charge in [0.15, 0.2) is 0 Å². The van der Waals surface area contributed by atoms with Crippen LogP contribution in [0.1, 0.15) is 46.1 Å². The Kier molecular flexibility index (Phi) is 8.86. The van der Waals surface area contributed by atoms with Crippen LogP contribution >= 0.6 is 11.6 Å². The fraction of sp³-hybridized carbons (Fsp3) is 0.542. The zero-order valence-corrected chi connectivity index (χ0v) is 20.8. The molecular weight excluding hydrogens is 489 g/mol. The Labute approximate surface area is 207 Å². The first-order chi connectivity index (χ1) is 16.1. The van der Waals surface area contributed by atoms with E-state index < -0.39 is 41.2 Å². The van der Waals surface area contributed by atoms with E-state index in [0.29, 0.717) is 24.8 Å². The monoisotopic (exact) mass is 518 g/mol. The lowest BCUT2D eigenvalue weighted by atomic mass is 9.95. The number of ether oxygens (including phenoxy) is 2. The Morgan fingerprint density at radius 1 is 1.23 bits per heavy atom.